The largest absolute Gasteiger partial charge is 0.447 e. The van der Waals surface area contributed by atoms with E-state index in [2.05, 4.69) is 84.6 Å². The van der Waals surface area contributed by atoms with Gasteiger partial charge in [-0.1, -0.05) is 51.1 Å². The molecule has 9 heteroatoms. The van der Waals surface area contributed by atoms with Crippen LogP contribution in [0.3, 0.4) is 0 Å². The molecule has 1 spiro atoms. The standard InChI is InChI=1S/C33H47N5O3.ClH/c1-23(2)38-31(40)36(21-29-34-13-14-41-29)22-33(38)15-26-11-12-27(16-33)37(26)19-25-18-35(30(39)17-32(3,4)5)20-28(25)24-9-7-6-8-10-24;/h6-10,13-14,23,25-28H,11-12,15-22H2,1-5H3;1H/t25-,26?,27?,28-,33?;/m1./s1. The number of amides is 3. The first-order chi connectivity index (χ1) is 19.5. The van der Waals surface area contributed by atoms with E-state index in [1.54, 1.807) is 12.5 Å². The molecule has 0 radical (unpaired) electrons. The molecule has 4 fully saturated rings. The number of halogens is 1. The van der Waals surface area contributed by atoms with Gasteiger partial charge in [-0.15, -0.1) is 12.4 Å². The van der Waals surface area contributed by atoms with Crippen molar-refractivity contribution < 1.29 is 14.0 Å². The maximum absolute atomic E-state index is 13.7. The third kappa shape index (κ3) is 5.94. The molecule has 2 unspecified atom stereocenters. The quantitative estimate of drug-likeness (QED) is 0.404. The van der Waals surface area contributed by atoms with Gasteiger partial charge in [-0.25, -0.2) is 9.78 Å². The number of carbonyl (C=O) groups is 2. The molecule has 4 saturated heterocycles. The Balaban J connectivity index is 0.00000353. The van der Waals surface area contributed by atoms with Crippen LogP contribution in [-0.4, -0.2) is 86.4 Å². The molecular weight excluding hydrogens is 550 g/mol. The Bertz CT molecular complexity index is 1220. The van der Waals surface area contributed by atoms with Crippen molar-refractivity contribution in [2.24, 2.45) is 11.3 Å². The highest BCUT2D eigenvalue weighted by atomic mass is 35.5. The lowest BCUT2D eigenvalue weighted by molar-refractivity contribution is -0.132. The van der Waals surface area contributed by atoms with Crippen molar-refractivity contribution in [3.05, 3.63) is 54.2 Å². The normalized spacial score (nSPS) is 29.7. The third-order valence-corrected chi connectivity index (χ3v) is 9.95. The van der Waals surface area contributed by atoms with Crippen LogP contribution in [0.25, 0.3) is 0 Å². The summed E-state index contributed by atoms with van der Waals surface area (Å²) in [6.45, 7) is 14.5. The van der Waals surface area contributed by atoms with Gasteiger partial charge in [-0.05, 0) is 56.4 Å². The fraction of sp³-hybridized carbons (Fsp3) is 0.667. The second-order valence-corrected chi connectivity index (χ2v) is 14.6. The Morgan fingerprint density at radius 3 is 2.38 bits per heavy atom. The summed E-state index contributed by atoms with van der Waals surface area (Å²) in [6.07, 6.45) is 8.18. The molecule has 1 aromatic heterocycles. The summed E-state index contributed by atoms with van der Waals surface area (Å²) < 4.78 is 5.50. The van der Waals surface area contributed by atoms with Gasteiger partial charge in [0.25, 0.3) is 0 Å². The van der Waals surface area contributed by atoms with Crippen LogP contribution in [0.2, 0.25) is 0 Å². The van der Waals surface area contributed by atoms with Crippen LogP contribution in [0.4, 0.5) is 4.79 Å². The highest BCUT2D eigenvalue weighted by molar-refractivity contribution is 5.85. The summed E-state index contributed by atoms with van der Waals surface area (Å²) >= 11 is 0. The minimum atomic E-state index is -0.149. The SMILES string of the molecule is CC(C)N1C(=O)N(Cc2ncco2)CC12CC1CCC(C2)N1C[C@H]1CN(C(=O)CC(C)(C)C)C[C@@H]1c1ccccc1.Cl. The Kier molecular flexibility index (Phi) is 8.70. The number of rotatable bonds is 7. The molecule has 1 aromatic carbocycles. The number of aromatic nitrogens is 1. The summed E-state index contributed by atoms with van der Waals surface area (Å²) in [5, 5.41) is 0. The second-order valence-electron chi connectivity index (χ2n) is 14.6. The highest BCUT2D eigenvalue weighted by Crippen LogP contribution is 2.49. The number of carbonyl (C=O) groups excluding carboxylic acids is 2. The van der Waals surface area contributed by atoms with Crippen molar-refractivity contribution in [1.82, 2.24) is 24.6 Å². The summed E-state index contributed by atoms with van der Waals surface area (Å²) in [5.74, 6) is 1.64. The topological polar surface area (TPSA) is 73.1 Å². The van der Waals surface area contributed by atoms with E-state index in [1.807, 2.05) is 4.90 Å². The molecule has 2 aromatic rings. The van der Waals surface area contributed by atoms with Gasteiger partial charge in [0.15, 0.2) is 0 Å². The van der Waals surface area contributed by atoms with Crippen molar-refractivity contribution in [2.75, 3.05) is 26.2 Å². The monoisotopic (exact) mass is 597 g/mol. The molecule has 0 aliphatic carbocycles. The average Bonchev–Trinajstić information content (AvgIpc) is 3.67. The van der Waals surface area contributed by atoms with Crippen molar-refractivity contribution in [3.8, 4) is 0 Å². The van der Waals surface area contributed by atoms with Crippen molar-refractivity contribution in [1.29, 1.82) is 0 Å². The van der Waals surface area contributed by atoms with E-state index < -0.39 is 0 Å². The summed E-state index contributed by atoms with van der Waals surface area (Å²) in [6, 6.07) is 12.0. The molecule has 2 bridgehead atoms. The molecule has 4 aliphatic rings. The highest BCUT2D eigenvalue weighted by Gasteiger charge is 2.58. The summed E-state index contributed by atoms with van der Waals surface area (Å²) in [4.78, 5) is 40.3. The Morgan fingerprint density at radius 2 is 1.79 bits per heavy atom. The molecule has 4 atom stereocenters. The molecular formula is C33H48ClN5O3. The fourth-order valence-electron chi connectivity index (χ4n) is 8.45. The predicted octanol–water partition coefficient (Wildman–Crippen LogP) is 5.79. The molecule has 0 saturated carbocycles. The lowest BCUT2D eigenvalue weighted by Crippen LogP contribution is -2.60. The van der Waals surface area contributed by atoms with Crippen LogP contribution in [0.1, 0.15) is 84.1 Å². The maximum atomic E-state index is 13.7. The van der Waals surface area contributed by atoms with Gasteiger partial charge in [-0.2, -0.15) is 0 Å². The van der Waals surface area contributed by atoms with E-state index in [9.17, 15) is 9.59 Å². The van der Waals surface area contributed by atoms with Crippen molar-refractivity contribution in [3.63, 3.8) is 0 Å². The van der Waals surface area contributed by atoms with E-state index in [1.165, 1.54) is 18.4 Å². The van der Waals surface area contributed by atoms with Crippen LogP contribution in [0.5, 0.6) is 0 Å². The zero-order valence-electron chi connectivity index (χ0n) is 25.9. The second kappa shape index (κ2) is 11.8. The number of hydrogen-bond acceptors (Lipinski definition) is 5. The molecule has 42 heavy (non-hydrogen) atoms. The number of nitrogens with zero attached hydrogens (tertiary/aromatic N) is 5. The number of benzene rings is 1. The zero-order chi connectivity index (χ0) is 28.9. The predicted molar refractivity (Wildman–Crippen MR) is 165 cm³/mol. The van der Waals surface area contributed by atoms with E-state index in [0.29, 0.717) is 42.8 Å². The molecule has 8 nitrogen and oxygen atoms in total. The van der Waals surface area contributed by atoms with E-state index >= 15 is 0 Å². The van der Waals surface area contributed by atoms with Crippen LogP contribution in [0, 0.1) is 11.3 Å². The summed E-state index contributed by atoms with van der Waals surface area (Å²) in [5.41, 5.74) is 1.18. The lowest BCUT2D eigenvalue weighted by atomic mass is 9.80. The number of fused-ring (bicyclic) bond motifs is 2. The molecule has 5 heterocycles. The first kappa shape index (κ1) is 30.9. The number of hydrogen-bond donors (Lipinski definition) is 0. The lowest BCUT2D eigenvalue weighted by Gasteiger charge is -2.50. The molecule has 230 valence electrons. The van der Waals surface area contributed by atoms with Gasteiger partial charge in [0.2, 0.25) is 11.8 Å². The van der Waals surface area contributed by atoms with Crippen LogP contribution >= 0.6 is 12.4 Å². The third-order valence-electron chi connectivity index (χ3n) is 9.95. The average molecular weight is 598 g/mol. The Labute approximate surface area is 257 Å². The molecule has 3 amide bonds. The van der Waals surface area contributed by atoms with Crippen LogP contribution in [0.15, 0.2) is 47.2 Å². The minimum absolute atomic E-state index is 0. The first-order valence-electron chi connectivity index (χ1n) is 15.6. The molecule has 6 rings (SSSR count). The van der Waals surface area contributed by atoms with E-state index in [4.69, 9.17) is 4.42 Å². The number of likely N-dealkylation sites (tertiary alicyclic amines) is 1. The fourth-order valence-corrected chi connectivity index (χ4v) is 8.45. The van der Waals surface area contributed by atoms with Gasteiger partial charge < -0.3 is 19.1 Å². The smallest absolute Gasteiger partial charge is 0.321 e. The number of urea groups is 1. The number of piperidine rings is 1. The van der Waals surface area contributed by atoms with Crippen molar-refractivity contribution >= 4 is 24.3 Å². The Morgan fingerprint density at radius 1 is 1.10 bits per heavy atom. The van der Waals surface area contributed by atoms with Gasteiger partial charge in [0.1, 0.15) is 6.26 Å². The van der Waals surface area contributed by atoms with Crippen LogP contribution in [-0.2, 0) is 11.3 Å². The first-order valence-corrected chi connectivity index (χ1v) is 15.6. The Hall–Kier alpha value is -2.58. The van der Waals surface area contributed by atoms with Gasteiger partial charge in [0.05, 0.1) is 18.3 Å². The summed E-state index contributed by atoms with van der Waals surface area (Å²) in [7, 11) is 0. The zero-order valence-corrected chi connectivity index (χ0v) is 26.7. The number of oxazole rings is 1. The minimum Gasteiger partial charge on any atom is -0.447 e. The van der Waals surface area contributed by atoms with Crippen molar-refractivity contribution in [2.45, 2.75) is 103 Å². The maximum Gasteiger partial charge on any atom is 0.321 e. The van der Waals surface area contributed by atoms with E-state index in [0.717, 1.165) is 39.0 Å². The van der Waals surface area contributed by atoms with Gasteiger partial charge in [0, 0.05) is 56.6 Å². The van der Waals surface area contributed by atoms with E-state index in [-0.39, 0.29) is 41.3 Å². The van der Waals surface area contributed by atoms with Gasteiger partial charge >= 0.3 is 6.03 Å². The van der Waals surface area contributed by atoms with Crippen LogP contribution < -0.4 is 0 Å². The molecule has 4 aliphatic heterocycles. The van der Waals surface area contributed by atoms with Gasteiger partial charge in [-0.3, -0.25) is 9.69 Å². The molecule has 0 N–H and O–H groups in total.